The molecule has 40 heavy (non-hydrogen) atoms. The fourth-order valence-corrected chi connectivity index (χ4v) is 8.80. The zero-order chi connectivity index (χ0) is 26.6. The topological polar surface area (TPSA) is 74.8 Å². The van der Waals surface area contributed by atoms with Crippen LogP contribution in [0.2, 0.25) is 0 Å². The Morgan fingerprint density at radius 1 is 0.900 bits per heavy atom. The van der Waals surface area contributed by atoms with Gasteiger partial charge in [0.15, 0.2) is 5.78 Å². The fraction of sp³-hybridized carbons (Fsp3) is 0.235. The molecule has 2 aromatic heterocycles. The van der Waals surface area contributed by atoms with Gasteiger partial charge < -0.3 is 4.57 Å². The Kier molecular flexibility index (Phi) is 4.19. The van der Waals surface area contributed by atoms with Gasteiger partial charge in [-0.05, 0) is 66.9 Å². The summed E-state index contributed by atoms with van der Waals surface area (Å²) in [4.78, 5) is 28.4. The average molecular weight is 520 g/mol. The van der Waals surface area contributed by atoms with E-state index in [4.69, 9.17) is 9.97 Å². The van der Waals surface area contributed by atoms with E-state index in [9.17, 15) is 5.26 Å². The number of aromatic nitrogens is 3. The van der Waals surface area contributed by atoms with Crippen molar-refractivity contribution in [3.05, 3.63) is 119 Å². The van der Waals surface area contributed by atoms with E-state index < -0.39 is 11.0 Å². The van der Waals surface area contributed by atoms with Crippen LogP contribution in [-0.4, -0.2) is 37.8 Å². The highest BCUT2D eigenvalue weighted by Gasteiger charge is 2.77. The molecule has 2 fully saturated rings. The first-order valence-corrected chi connectivity index (χ1v) is 14.0. The maximum Gasteiger partial charge on any atom is 0.190 e. The van der Waals surface area contributed by atoms with Crippen LogP contribution in [0, 0.1) is 16.7 Å². The lowest BCUT2D eigenvalue weighted by Crippen LogP contribution is -2.55. The summed E-state index contributed by atoms with van der Waals surface area (Å²) in [6.07, 6.45) is 4.12. The van der Waals surface area contributed by atoms with Crippen LogP contribution in [0.25, 0.3) is 22.3 Å². The van der Waals surface area contributed by atoms with Gasteiger partial charge in [-0.3, -0.25) is 9.69 Å². The van der Waals surface area contributed by atoms with E-state index in [1.54, 1.807) is 0 Å². The molecule has 4 unspecified atom stereocenters. The molecule has 0 N–H and O–H groups in total. The minimum absolute atomic E-state index is 0.0672. The Hall–Kier alpha value is -4.60. The van der Waals surface area contributed by atoms with E-state index in [0.717, 1.165) is 64.2 Å². The summed E-state index contributed by atoms with van der Waals surface area (Å²) in [6, 6.07) is 30.9. The number of ketones is 1. The summed E-state index contributed by atoms with van der Waals surface area (Å²) in [5, 5.41) is 9.52. The second-order valence-corrected chi connectivity index (χ2v) is 11.6. The van der Waals surface area contributed by atoms with Gasteiger partial charge in [0, 0.05) is 30.3 Å². The van der Waals surface area contributed by atoms with Gasteiger partial charge in [0.2, 0.25) is 0 Å². The van der Waals surface area contributed by atoms with Crippen molar-refractivity contribution in [3.63, 3.8) is 0 Å². The number of benzene rings is 3. The van der Waals surface area contributed by atoms with E-state index in [-0.39, 0.29) is 17.7 Å². The van der Waals surface area contributed by atoms with Crippen molar-refractivity contribution in [3.8, 4) is 17.3 Å². The third-order valence-electron chi connectivity index (χ3n) is 10.1. The number of hydrogen-bond acceptors (Lipinski definition) is 5. The van der Waals surface area contributed by atoms with Crippen molar-refractivity contribution in [2.45, 2.75) is 36.9 Å². The Labute approximate surface area is 231 Å². The lowest BCUT2D eigenvalue weighted by molar-refractivity contribution is 0.0461. The second kappa shape index (κ2) is 7.53. The summed E-state index contributed by atoms with van der Waals surface area (Å²) < 4.78 is 2.15. The van der Waals surface area contributed by atoms with Crippen LogP contribution in [0.4, 0.5) is 0 Å². The predicted octanol–water partition coefficient (Wildman–Crippen LogP) is 5.67. The molecule has 6 heteroatoms. The molecular formula is C34H25N5O. The van der Waals surface area contributed by atoms with Gasteiger partial charge in [0.1, 0.15) is 5.54 Å². The zero-order valence-corrected chi connectivity index (χ0v) is 21.8. The van der Waals surface area contributed by atoms with Gasteiger partial charge in [-0.25, -0.2) is 9.97 Å². The summed E-state index contributed by atoms with van der Waals surface area (Å²) in [5.74, 6) is 0.112. The fourth-order valence-electron chi connectivity index (χ4n) is 8.80. The molecule has 4 aliphatic rings. The number of para-hydroxylation sites is 2. The zero-order valence-electron chi connectivity index (χ0n) is 21.8. The molecule has 6 nitrogen and oxygen atoms in total. The second-order valence-electron chi connectivity index (χ2n) is 11.6. The number of carbonyl (C=O) groups is 1. The van der Waals surface area contributed by atoms with Crippen LogP contribution in [0.5, 0.6) is 0 Å². The standard InChI is InChI=1S/C34H25N5O/c35-19-21-13-15-22(16-14-21)29-27-11-6-18-39(27)34(33(29)20-38-17-5-12-28(38)32(33)40)24-8-2-1-7-23(24)30-31(34)37-26-10-4-3-9-25(26)36-30/h1-5,7-10,12-17,27,29H,6,11,18,20H2. The Balaban J connectivity index is 1.43. The molecule has 2 spiro atoms. The molecule has 3 aliphatic heterocycles. The summed E-state index contributed by atoms with van der Waals surface area (Å²) >= 11 is 0. The van der Waals surface area contributed by atoms with E-state index in [0.29, 0.717) is 12.1 Å². The van der Waals surface area contributed by atoms with Crippen molar-refractivity contribution in [1.29, 1.82) is 5.26 Å². The molecular weight excluding hydrogens is 494 g/mol. The summed E-state index contributed by atoms with van der Waals surface area (Å²) in [6.45, 7) is 1.47. The first-order valence-electron chi connectivity index (χ1n) is 14.0. The lowest BCUT2D eigenvalue weighted by Gasteiger charge is -2.46. The number of fused-ring (bicyclic) bond motifs is 10. The van der Waals surface area contributed by atoms with Gasteiger partial charge in [-0.1, -0.05) is 48.5 Å². The largest absolute Gasteiger partial charge is 0.344 e. The molecule has 4 atom stereocenters. The maximum atomic E-state index is 15.1. The third-order valence-corrected chi connectivity index (χ3v) is 10.1. The molecule has 3 aromatic carbocycles. The molecule has 0 bridgehead atoms. The molecule has 5 aromatic rings. The van der Waals surface area contributed by atoms with Gasteiger partial charge in [0.05, 0.1) is 45.2 Å². The smallest absolute Gasteiger partial charge is 0.190 e. The van der Waals surface area contributed by atoms with Crippen molar-refractivity contribution in [2.75, 3.05) is 6.54 Å². The first kappa shape index (κ1) is 22.2. The molecule has 0 radical (unpaired) electrons. The minimum atomic E-state index is -0.818. The van der Waals surface area contributed by atoms with Crippen molar-refractivity contribution in [1.82, 2.24) is 19.4 Å². The number of nitriles is 1. The molecule has 192 valence electrons. The number of nitrogens with zero attached hydrogens (tertiary/aromatic N) is 5. The van der Waals surface area contributed by atoms with Gasteiger partial charge in [-0.15, -0.1) is 0 Å². The van der Waals surface area contributed by atoms with Crippen LogP contribution in [0.1, 0.15) is 51.6 Å². The number of carbonyl (C=O) groups excluding carboxylic acids is 1. The molecule has 0 amide bonds. The maximum absolute atomic E-state index is 15.1. The van der Waals surface area contributed by atoms with Gasteiger partial charge in [0.25, 0.3) is 0 Å². The van der Waals surface area contributed by atoms with E-state index in [1.165, 1.54) is 0 Å². The average Bonchev–Trinajstić information content (AvgIpc) is 3.79. The minimum Gasteiger partial charge on any atom is -0.344 e. The van der Waals surface area contributed by atoms with Crippen LogP contribution in [-0.2, 0) is 12.1 Å². The Bertz CT molecular complexity index is 1930. The van der Waals surface area contributed by atoms with E-state index >= 15 is 4.79 Å². The molecule has 1 aliphatic carbocycles. The van der Waals surface area contributed by atoms with E-state index in [1.807, 2.05) is 54.7 Å². The number of rotatable bonds is 1. The highest BCUT2D eigenvalue weighted by molar-refractivity contribution is 6.05. The quantitative estimate of drug-likeness (QED) is 0.285. The monoisotopic (exact) mass is 519 g/mol. The lowest BCUT2D eigenvalue weighted by atomic mass is 9.57. The highest BCUT2D eigenvalue weighted by Crippen LogP contribution is 2.72. The normalized spacial score (nSPS) is 27.7. The molecule has 2 saturated heterocycles. The first-order chi connectivity index (χ1) is 19.7. The van der Waals surface area contributed by atoms with Crippen LogP contribution in [0.3, 0.4) is 0 Å². The SMILES string of the molecule is N#Cc1ccc(C2C3CCCN3C3(c4ccccc4-c4nc5ccccc5nc43)C23Cn2cccc2C3=O)cc1. The summed E-state index contributed by atoms with van der Waals surface area (Å²) in [5.41, 5.74) is 6.67. The van der Waals surface area contributed by atoms with E-state index in [2.05, 4.69) is 51.9 Å². The van der Waals surface area contributed by atoms with Gasteiger partial charge >= 0.3 is 0 Å². The number of Topliss-reactive ketones (excluding diaryl/α,β-unsaturated/α-hetero) is 1. The molecule has 9 rings (SSSR count). The third kappa shape index (κ3) is 2.38. The number of hydrogen-bond donors (Lipinski definition) is 0. The van der Waals surface area contributed by atoms with Crippen LogP contribution >= 0.6 is 0 Å². The summed E-state index contributed by atoms with van der Waals surface area (Å²) in [7, 11) is 0. The van der Waals surface area contributed by atoms with Crippen molar-refractivity contribution < 1.29 is 4.79 Å². The Morgan fingerprint density at radius 2 is 1.68 bits per heavy atom. The van der Waals surface area contributed by atoms with Gasteiger partial charge in [-0.2, -0.15) is 5.26 Å². The molecule has 0 saturated carbocycles. The van der Waals surface area contributed by atoms with Crippen LogP contribution in [0.15, 0.2) is 91.1 Å². The Morgan fingerprint density at radius 3 is 2.48 bits per heavy atom. The molecule has 5 heterocycles. The van der Waals surface area contributed by atoms with Crippen molar-refractivity contribution >= 4 is 16.8 Å². The predicted molar refractivity (Wildman–Crippen MR) is 151 cm³/mol. The van der Waals surface area contributed by atoms with Crippen LogP contribution < -0.4 is 0 Å². The van der Waals surface area contributed by atoms with Crippen molar-refractivity contribution in [2.24, 2.45) is 5.41 Å². The highest BCUT2D eigenvalue weighted by atomic mass is 16.1.